The summed E-state index contributed by atoms with van der Waals surface area (Å²) >= 11 is 14.9. The topological polar surface area (TPSA) is 116 Å². The Balaban J connectivity index is 1.61. The molecule has 0 saturated heterocycles. The van der Waals surface area contributed by atoms with Crippen molar-refractivity contribution in [1.29, 1.82) is 0 Å². The zero-order valence-corrected chi connectivity index (χ0v) is 18.3. The fourth-order valence-electron chi connectivity index (χ4n) is 2.52. The molecule has 0 saturated carbocycles. The lowest BCUT2D eigenvalue weighted by molar-refractivity contribution is -0.386. The number of hydrogen-bond acceptors (Lipinski definition) is 8. The Bertz CT molecular complexity index is 1060. The van der Waals surface area contributed by atoms with E-state index in [0.29, 0.717) is 31.0 Å². The lowest BCUT2D eigenvalue weighted by Gasteiger charge is -2.04. The van der Waals surface area contributed by atoms with E-state index in [1.54, 1.807) is 25.1 Å². The number of amides is 1. The van der Waals surface area contributed by atoms with Gasteiger partial charge in [0.2, 0.25) is 11.0 Å². The van der Waals surface area contributed by atoms with E-state index in [1.807, 2.05) is 0 Å². The Morgan fingerprint density at radius 1 is 1.31 bits per heavy atom. The van der Waals surface area contributed by atoms with E-state index >= 15 is 0 Å². The first-order valence-electron chi connectivity index (χ1n) is 8.13. The molecule has 1 N–H and O–H groups in total. The predicted molar refractivity (Wildman–Crippen MR) is 113 cm³/mol. The second-order valence-corrected chi connectivity index (χ2v) is 8.86. The van der Waals surface area contributed by atoms with Gasteiger partial charge in [0, 0.05) is 15.8 Å². The van der Waals surface area contributed by atoms with Gasteiger partial charge < -0.3 is 0 Å². The van der Waals surface area contributed by atoms with Crippen LogP contribution in [0.1, 0.15) is 17.0 Å². The predicted octanol–water partition coefficient (Wildman–Crippen LogP) is 4.50. The fourth-order valence-corrected chi connectivity index (χ4v) is 5.03. The van der Waals surface area contributed by atoms with Crippen molar-refractivity contribution in [3.63, 3.8) is 0 Å². The van der Waals surface area contributed by atoms with Gasteiger partial charge in [0.1, 0.15) is 17.9 Å². The summed E-state index contributed by atoms with van der Waals surface area (Å²) in [6.07, 6.45) is 0. The van der Waals surface area contributed by atoms with Gasteiger partial charge in [-0.2, -0.15) is 5.10 Å². The number of aryl methyl sites for hydroxylation is 1. The van der Waals surface area contributed by atoms with Gasteiger partial charge in [-0.05, 0) is 31.5 Å². The Morgan fingerprint density at radius 3 is 2.62 bits per heavy atom. The zero-order valence-electron chi connectivity index (χ0n) is 15.2. The maximum Gasteiger partial charge on any atom is 0.312 e. The molecule has 0 unspecified atom stereocenters. The molecule has 0 radical (unpaired) electrons. The molecule has 0 atom stereocenters. The van der Waals surface area contributed by atoms with Crippen LogP contribution in [0.4, 0.5) is 10.8 Å². The van der Waals surface area contributed by atoms with Gasteiger partial charge >= 0.3 is 5.69 Å². The largest absolute Gasteiger partial charge is 0.312 e. The molecular formula is C16H14Cl2N6O3S2. The molecule has 2 heterocycles. The van der Waals surface area contributed by atoms with Crippen LogP contribution in [0, 0.1) is 24.0 Å². The molecule has 2 aromatic heterocycles. The highest BCUT2D eigenvalue weighted by Gasteiger charge is 2.23. The average Bonchev–Trinajstić information content (AvgIpc) is 3.18. The number of nitrogens with one attached hydrogen (secondary N) is 1. The number of rotatable bonds is 7. The maximum atomic E-state index is 12.3. The molecule has 0 aliphatic carbocycles. The van der Waals surface area contributed by atoms with Crippen LogP contribution in [0.3, 0.4) is 0 Å². The smallest absolute Gasteiger partial charge is 0.299 e. The van der Waals surface area contributed by atoms with Crippen molar-refractivity contribution < 1.29 is 9.72 Å². The molecule has 3 rings (SSSR count). The zero-order chi connectivity index (χ0) is 21.1. The van der Waals surface area contributed by atoms with E-state index in [2.05, 4.69) is 20.6 Å². The fraction of sp³-hybridized carbons (Fsp3) is 0.250. The summed E-state index contributed by atoms with van der Waals surface area (Å²) in [7, 11) is 0. The number of carbonyl (C=O) groups is 1. The Labute approximate surface area is 183 Å². The van der Waals surface area contributed by atoms with Crippen LogP contribution in [-0.2, 0) is 17.1 Å². The number of hydrogen-bond donors (Lipinski definition) is 1. The normalized spacial score (nSPS) is 10.9. The van der Waals surface area contributed by atoms with Gasteiger partial charge in [-0.25, -0.2) is 0 Å². The quantitative estimate of drug-likeness (QED) is 0.233. The van der Waals surface area contributed by atoms with Crippen LogP contribution in [0.5, 0.6) is 0 Å². The first kappa shape index (κ1) is 21.5. The molecule has 1 aromatic carbocycles. The third-order valence-corrected chi connectivity index (χ3v) is 6.58. The van der Waals surface area contributed by atoms with Gasteiger partial charge in [0.05, 0.1) is 4.92 Å². The van der Waals surface area contributed by atoms with Crippen LogP contribution < -0.4 is 5.32 Å². The minimum absolute atomic E-state index is 0.0920. The standard InChI is InChI=1S/C16H14Cl2N6O3S2/c1-8-14(24(26)27)9(2)23(22-8)6-13(25)19-15-20-21-16(29-15)28-7-10-11(17)4-3-5-12(10)18/h3-5H,6-7H2,1-2H3,(H,19,20,25). The number of halogens is 2. The van der Waals surface area contributed by atoms with Crippen molar-refractivity contribution in [3.8, 4) is 0 Å². The third kappa shape index (κ3) is 5.04. The van der Waals surface area contributed by atoms with Crippen LogP contribution in [0.2, 0.25) is 10.0 Å². The molecule has 13 heteroatoms. The van der Waals surface area contributed by atoms with Crippen molar-refractivity contribution in [2.75, 3.05) is 5.32 Å². The van der Waals surface area contributed by atoms with Crippen molar-refractivity contribution in [2.24, 2.45) is 0 Å². The second-order valence-electron chi connectivity index (χ2n) is 5.84. The van der Waals surface area contributed by atoms with Crippen LogP contribution in [0.25, 0.3) is 0 Å². The minimum atomic E-state index is -0.508. The molecule has 1 amide bonds. The first-order chi connectivity index (χ1) is 13.8. The molecule has 0 aliphatic heterocycles. The molecule has 9 nitrogen and oxygen atoms in total. The van der Waals surface area contributed by atoms with Gasteiger partial charge in [0.15, 0.2) is 4.34 Å². The lowest BCUT2D eigenvalue weighted by Crippen LogP contribution is -2.20. The number of carbonyl (C=O) groups excluding carboxylic acids is 1. The van der Waals surface area contributed by atoms with E-state index in [-0.39, 0.29) is 17.9 Å². The summed E-state index contributed by atoms with van der Waals surface area (Å²) in [6.45, 7) is 2.90. The van der Waals surface area contributed by atoms with E-state index in [0.717, 1.165) is 5.56 Å². The molecule has 29 heavy (non-hydrogen) atoms. The Kier molecular flexibility index (Phi) is 6.73. The van der Waals surface area contributed by atoms with Gasteiger partial charge in [-0.1, -0.05) is 52.4 Å². The molecule has 152 valence electrons. The van der Waals surface area contributed by atoms with Crippen LogP contribution in [-0.4, -0.2) is 30.8 Å². The molecule has 0 bridgehead atoms. The van der Waals surface area contributed by atoms with Crippen molar-refractivity contribution >= 4 is 63.0 Å². The minimum Gasteiger partial charge on any atom is -0.299 e. The summed E-state index contributed by atoms with van der Waals surface area (Å²) in [4.78, 5) is 22.8. The third-order valence-electron chi connectivity index (χ3n) is 3.87. The molecule has 0 spiro atoms. The average molecular weight is 473 g/mol. The number of anilines is 1. The SMILES string of the molecule is Cc1nn(CC(=O)Nc2nnc(SCc3c(Cl)cccc3Cl)s2)c(C)c1[N+](=O)[O-]. The van der Waals surface area contributed by atoms with Crippen molar-refractivity contribution in [3.05, 3.63) is 55.3 Å². The van der Waals surface area contributed by atoms with Gasteiger partial charge in [-0.3, -0.25) is 24.9 Å². The van der Waals surface area contributed by atoms with Gasteiger partial charge in [-0.15, -0.1) is 10.2 Å². The summed E-state index contributed by atoms with van der Waals surface area (Å²) in [5.74, 6) is 0.101. The molecular weight excluding hydrogens is 459 g/mol. The van der Waals surface area contributed by atoms with Crippen LogP contribution >= 0.6 is 46.3 Å². The Morgan fingerprint density at radius 2 is 2.00 bits per heavy atom. The second kappa shape index (κ2) is 9.08. The Hall–Kier alpha value is -2.21. The first-order valence-corrected chi connectivity index (χ1v) is 10.7. The summed E-state index contributed by atoms with van der Waals surface area (Å²) < 4.78 is 1.93. The number of benzene rings is 1. The molecule has 3 aromatic rings. The molecule has 0 aliphatic rings. The van der Waals surface area contributed by atoms with E-state index in [1.165, 1.54) is 34.7 Å². The monoisotopic (exact) mass is 472 g/mol. The van der Waals surface area contributed by atoms with E-state index in [4.69, 9.17) is 23.2 Å². The summed E-state index contributed by atoms with van der Waals surface area (Å²) in [6, 6.07) is 5.30. The van der Waals surface area contributed by atoms with Crippen molar-refractivity contribution in [2.45, 2.75) is 30.5 Å². The number of nitrogens with zero attached hydrogens (tertiary/aromatic N) is 5. The number of thioether (sulfide) groups is 1. The highest BCUT2D eigenvalue weighted by atomic mass is 35.5. The van der Waals surface area contributed by atoms with Gasteiger partial charge in [0.25, 0.3) is 0 Å². The molecule has 0 fully saturated rings. The lowest BCUT2D eigenvalue weighted by atomic mass is 10.2. The van der Waals surface area contributed by atoms with Crippen LogP contribution in [0.15, 0.2) is 22.5 Å². The number of aromatic nitrogens is 4. The van der Waals surface area contributed by atoms with E-state index in [9.17, 15) is 14.9 Å². The highest BCUT2D eigenvalue weighted by Crippen LogP contribution is 2.33. The summed E-state index contributed by atoms with van der Waals surface area (Å²) in [5.41, 5.74) is 1.28. The maximum absolute atomic E-state index is 12.3. The van der Waals surface area contributed by atoms with Crippen molar-refractivity contribution in [1.82, 2.24) is 20.0 Å². The van der Waals surface area contributed by atoms with E-state index < -0.39 is 10.8 Å². The number of nitro groups is 1. The highest BCUT2D eigenvalue weighted by molar-refractivity contribution is 8.00. The summed E-state index contributed by atoms with van der Waals surface area (Å²) in [5, 5.41) is 27.2.